The summed E-state index contributed by atoms with van der Waals surface area (Å²) in [6.45, 7) is 6.82. The Morgan fingerprint density at radius 3 is 1.66 bits per heavy atom. The van der Waals surface area contributed by atoms with E-state index in [1.165, 1.54) is 0 Å². The number of hydrogen-bond donors (Lipinski definition) is 2. The lowest BCUT2D eigenvalue weighted by molar-refractivity contribution is -0.490. The van der Waals surface area contributed by atoms with Gasteiger partial charge in [-0.05, 0) is 98.7 Å². The predicted octanol–water partition coefficient (Wildman–Crippen LogP) is 9.18. The van der Waals surface area contributed by atoms with Crippen molar-refractivity contribution < 1.29 is 114 Å². The van der Waals surface area contributed by atoms with E-state index in [-0.39, 0.29) is 41.9 Å². The average Bonchev–Trinajstić information content (AvgIpc) is 3.99. The van der Waals surface area contributed by atoms with Crippen molar-refractivity contribution >= 4 is 20.0 Å². The first-order valence-electron chi connectivity index (χ1n) is 20.6. The van der Waals surface area contributed by atoms with Crippen LogP contribution < -0.4 is 0 Å². The molecule has 8 rings (SSSR count). The van der Waals surface area contributed by atoms with Crippen LogP contribution >= 0.6 is 0 Å². The second-order valence-electron chi connectivity index (χ2n) is 20.0. The van der Waals surface area contributed by atoms with Crippen LogP contribution in [0.25, 0.3) is 0 Å². The molecule has 6 aliphatic carbocycles. The fourth-order valence-corrected chi connectivity index (χ4v) is 11.6. The van der Waals surface area contributed by atoms with E-state index in [1.807, 2.05) is 0 Å². The molecular weight excluding hydrogens is 932 g/mol. The third kappa shape index (κ3) is 8.53. The quantitative estimate of drug-likeness (QED) is 0.120. The van der Waals surface area contributed by atoms with Gasteiger partial charge in [-0.2, -0.15) is 70.2 Å². The van der Waals surface area contributed by atoms with E-state index in [1.54, 1.807) is 0 Å². The Balaban J connectivity index is 0.000000203. The molecule has 2 heterocycles. The van der Waals surface area contributed by atoms with Crippen molar-refractivity contribution in [2.24, 2.45) is 59.2 Å². The van der Waals surface area contributed by atoms with Gasteiger partial charge in [0.1, 0.15) is 13.2 Å². The second kappa shape index (κ2) is 16.2. The van der Waals surface area contributed by atoms with Crippen molar-refractivity contribution in [3.8, 4) is 0 Å². The van der Waals surface area contributed by atoms with Gasteiger partial charge in [0, 0.05) is 8.07 Å². The number of rotatable bonds is 5. The van der Waals surface area contributed by atoms with E-state index in [9.17, 15) is 90.0 Å². The number of carbonyl (C=O) groups is 2. The Labute approximate surface area is 356 Å². The monoisotopic (exact) mass is 980 g/mol. The van der Waals surface area contributed by atoms with Gasteiger partial charge < -0.3 is 33.9 Å². The van der Waals surface area contributed by atoms with Gasteiger partial charge in [0.25, 0.3) is 0 Å². The highest BCUT2D eigenvalue weighted by molar-refractivity contribution is 6.74. The van der Waals surface area contributed by atoms with E-state index < -0.39 is 111 Å². The molecule has 8 aliphatic rings. The molecule has 0 aromatic carbocycles. The highest BCUT2D eigenvalue weighted by Crippen LogP contribution is 2.70. The van der Waals surface area contributed by atoms with Crippen LogP contribution in [0.4, 0.5) is 70.2 Å². The van der Waals surface area contributed by atoms with Crippen molar-refractivity contribution in [2.75, 3.05) is 13.2 Å². The largest absolute Gasteiger partial charge is 0.460 e. The lowest BCUT2D eigenvalue weighted by atomic mass is 9.67. The number of esters is 2. The average molecular weight is 981 g/mol. The Hall–Kier alpha value is -2.16. The van der Waals surface area contributed by atoms with E-state index in [0.717, 1.165) is 38.5 Å². The van der Waals surface area contributed by atoms with Gasteiger partial charge in [-0.25, -0.2) is 0 Å². The zero-order valence-corrected chi connectivity index (χ0v) is 35.5. The first-order chi connectivity index (χ1) is 28.8. The smallest absolute Gasteiger partial charge is 0.449 e. The zero-order chi connectivity index (χ0) is 48.4. The summed E-state index contributed by atoms with van der Waals surface area (Å²) in [5, 5.41) is 18.6. The number of fused-ring (bicyclic) bond motifs is 11. The summed E-state index contributed by atoms with van der Waals surface area (Å²) in [6, 6.07) is 0. The Morgan fingerprint density at radius 1 is 0.641 bits per heavy atom. The van der Waals surface area contributed by atoms with Crippen LogP contribution in [-0.2, 0) is 33.3 Å². The molecule has 0 amide bonds. The van der Waals surface area contributed by atoms with Gasteiger partial charge in [0.05, 0.1) is 11.8 Å². The fraction of sp³-hybridized carbons (Fsp3) is 0.947. The Bertz CT molecular complexity index is 1730. The molecule has 9 nitrogen and oxygen atoms in total. The maximum Gasteiger partial charge on any atom is 0.449 e. The van der Waals surface area contributed by atoms with E-state index in [0.29, 0.717) is 24.7 Å². The third-order valence-electron chi connectivity index (χ3n) is 14.0. The van der Waals surface area contributed by atoms with Crippen LogP contribution in [0.1, 0.15) is 57.8 Å². The minimum atomic E-state index is -6.97. The van der Waals surface area contributed by atoms with E-state index in [2.05, 4.69) is 45.1 Å². The summed E-state index contributed by atoms with van der Waals surface area (Å²) in [6.07, 6.45) is -26.7. The molecule has 6 saturated carbocycles. The molecule has 6 bridgehead atoms. The maximum atomic E-state index is 14.7. The van der Waals surface area contributed by atoms with Gasteiger partial charge in [0.2, 0.25) is 6.10 Å². The van der Waals surface area contributed by atoms with Gasteiger partial charge in [-0.3, -0.25) is 9.59 Å². The summed E-state index contributed by atoms with van der Waals surface area (Å²) in [7, 11) is -0.611. The number of alkyl halides is 16. The zero-order valence-electron chi connectivity index (χ0n) is 34.5. The number of halogens is 16. The number of hydrogen-bond acceptors (Lipinski definition) is 9. The van der Waals surface area contributed by atoms with E-state index in [4.69, 9.17) is 4.74 Å². The summed E-state index contributed by atoms with van der Waals surface area (Å²) < 4.78 is 236. The summed E-state index contributed by atoms with van der Waals surface area (Å²) in [5.41, 5.74) is -6.32. The van der Waals surface area contributed by atoms with E-state index >= 15 is 0 Å². The van der Waals surface area contributed by atoms with Gasteiger partial charge in [-0.1, -0.05) is 32.6 Å². The molecule has 8 fully saturated rings. The Morgan fingerprint density at radius 2 is 1.17 bits per heavy atom. The topological polar surface area (TPSA) is 121 Å². The van der Waals surface area contributed by atoms with Crippen LogP contribution in [0.3, 0.4) is 0 Å². The van der Waals surface area contributed by atoms with Crippen molar-refractivity contribution in [3.05, 3.63) is 0 Å². The fourth-order valence-electron chi connectivity index (χ4n) is 11.6. The number of ether oxygens (including phenoxy) is 5. The molecular formula is C38H48F16O9Si. The van der Waals surface area contributed by atoms with Crippen LogP contribution in [-0.4, -0.2) is 110 Å². The van der Waals surface area contributed by atoms with Gasteiger partial charge >= 0.3 is 65.7 Å². The van der Waals surface area contributed by atoms with Gasteiger partial charge in [0.15, 0.2) is 6.29 Å². The summed E-state index contributed by atoms with van der Waals surface area (Å²) in [5.74, 6) is -25.3. The highest BCUT2D eigenvalue weighted by atomic mass is 28.3. The molecule has 0 aromatic heterocycles. The van der Waals surface area contributed by atoms with Crippen LogP contribution in [0.5, 0.6) is 0 Å². The third-order valence-corrected chi connectivity index (χ3v) is 14.0. The Kier molecular flexibility index (Phi) is 13.0. The van der Waals surface area contributed by atoms with Crippen molar-refractivity contribution in [1.29, 1.82) is 0 Å². The molecule has 14 unspecified atom stereocenters. The summed E-state index contributed by atoms with van der Waals surface area (Å²) in [4.78, 5) is 24.8. The van der Waals surface area contributed by atoms with Crippen molar-refractivity contribution in [3.63, 3.8) is 0 Å². The molecule has 0 spiro atoms. The van der Waals surface area contributed by atoms with Crippen LogP contribution in [0.2, 0.25) is 26.2 Å². The SMILES string of the molecule is C[Si](C)(C)C.O=C(OC1C(F)(F)C(O)(C(F)(F)F)OC1(C(F)(F)F)C(F)(F)F)C1CC2CC1C1C3CCC(C3)C21.O=C(OCC1OCC(F)(F)C(O)(C(F)(F)F)O1)C1CC2CCC1C2. The minimum absolute atomic E-state index is 0.0262. The second-order valence-corrected chi connectivity index (χ2v) is 26.0. The normalized spacial score (nSPS) is 41.5. The first-order valence-corrected chi connectivity index (χ1v) is 24.6. The molecule has 2 N–H and O–H groups in total. The van der Waals surface area contributed by atoms with Gasteiger partial charge in [-0.15, -0.1) is 0 Å². The minimum Gasteiger partial charge on any atom is -0.460 e. The molecule has 64 heavy (non-hydrogen) atoms. The van der Waals surface area contributed by atoms with Crippen LogP contribution in [0.15, 0.2) is 0 Å². The number of aliphatic hydroxyl groups is 2. The number of carbonyl (C=O) groups excluding carboxylic acids is 2. The molecule has 26 heteroatoms. The molecule has 2 aliphatic heterocycles. The van der Waals surface area contributed by atoms with Crippen LogP contribution in [0, 0.1) is 59.2 Å². The first kappa shape index (κ1) is 51.2. The molecule has 0 aromatic rings. The summed E-state index contributed by atoms with van der Waals surface area (Å²) >= 11 is 0. The molecule has 14 atom stereocenters. The lowest BCUT2D eigenvalue weighted by Crippen LogP contribution is -2.67. The predicted molar refractivity (Wildman–Crippen MR) is 185 cm³/mol. The van der Waals surface area contributed by atoms with Crippen molar-refractivity contribution in [2.45, 2.75) is 150 Å². The maximum absolute atomic E-state index is 14.7. The lowest BCUT2D eigenvalue weighted by Gasteiger charge is -2.42. The molecule has 2 saturated heterocycles. The van der Waals surface area contributed by atoms with Crippen molar-refractivity contribution in [1.82, 2.24) is 0 Å². The molecule has 0 radical (unpaired) electrons. The highest BCUT2D eigenvalue weighted by Gasteiger charge is 2.95. The standard InChI is InChI=1S/C20H19F11O4.C14H17F5O5.C4H12Si/c21-16(22)14(15(18(23,24)25,19(26,27)28)35-17(16,33)20(29,30)31)34-13(32)10-5-8-4-9(10)12-7-2-1-6(3-7)11(8)12;15-12(16)6-23-10(24-13(12,21)14(17,18)19)5-22-11(20)9-4-7-1-2-8(9)3-7;1-5(2,3)4/h6-12,14,33H,1-5H2;7-10,21H,1-6H2;1-4H3. The molecule has 370 valence electrons.